The van der Waals surface area contributed by atoms with Gasteiger partial charge >= 0.3 is 5.97 Å². The van der Waals surface area contributed by atoms with E-state index in [9.17, 15) is 14.4 Å². The highest BCUT2D eigenvalue weighted by Crippen LogP contribution is 2.34. The van der Waals surface area contributed by atoms with Gasteiger partial charge < -0.3 is 25.1 Å². The molecule has 0 aliphatic heterocycles. The van der Waals surface area contributed by atoms with Crippen molar-refractivity contribution in [3.05, 3.63) is 51.2 Å². The van der Waals surface area contributed by atoms with Crippen molar-refractivity contribution in [2.24, 2.45) is 5.73 Å². The summed E-state index contributed by atoms with van der Waals surface area (Å²) in [5.41, 5.74) is 8.16. The Bertz CT molecular complexity index is 1320. The third kappa shape index (κ3) is 6.89. The molecule has 0 atom stereocenters. The molecule has 0 saturated carbocycles. The molecule has 198 valence electrons. The number of thiophene rings is 1. The zero-order valence-electron chi connectivity index (χ0n) is 21.7. The largest absolute Gasteiger partial charge is 0.485 e. The van der Waals surface area contributed by atoms with Crippen LogP contribution in [0.2, 0.25) is 0 Å². The minimum Gasteiger partial charge on any atom is -0.485 e. The Morgan fingerprint density at radius 3 is 2.54 bits per heavy atom. The van der Waals surface area contributed by atoms with E-state index in [1.54, 1.807) is 20.8 Å². The van der Waals surface area contributed by atoms with Crippen LogP contribution in [0.25, 0.3) is 0 Å². The summed E-state index contributed by atoms with van der Waals surface area (Å²) < 4.78 is 13.1. The smallest absolute Gasteiger partial charge is 0.341 e. The highest BCUT2D eigenvalue weighted by Gasteiger charge is 2.26. The van der Waals surface area contributed by atoms with Gasteiger partial charge in [0.05, 0.1) is 22.3 Å². The van der Waals surface area contributed by atoms with Crippen LogP contribution in [0.15, 0.2) is 23.4 Å². The number of ether oxygens (including phenoxy) is 2. The fraction of sp³-hybridized carbons (Fsp3) is 0.400. The number of aromatic nitrogens is 3. The molecule has 3 aromatic rings. The molecule has 2 amide bonds. The van der Waals surface area contributed by atoms with Crippen LogP contribution in [0.1, 0.15) is 63.3 Å². The molecule has 0 radical (unpaired) electrons. The molecule has 0 aliphatic rings. The van der Waals surface area contributed by atoms with Crippen LogP contribution in [-0.4, -0.2) is 44.4 Å². The number of nitrogens with zero attached hydrogens (tertiary/aromatic N) is 3. The van der Waals surface area contributed by atoms with Gasteiger partial charge in [-0.05, 0) is 58.7 Å². The number of thioether (sulfide) groups is 1. The number of rotatable bonds is 11. The number of esters is 1. The average molecular weight is 546 g/mol. The van der Waals surface area contributed by atoms with E-state index < -0.39 is 11.9 Å². The number of carbonyl (C=O) groups is 3. The van der Waals surface area contributed by atoms with E-state index in [-0.39, 0.29) is 39.8 Å². The zero-order chi connectivity index (χ0) is 27.3. The van der Waals surface area contributed by atoms with E-state index in [2.05, 4.69) is 21.6 Å². The molecule has 0 unspecified atom stereocenters. The number of primary amides is 1. The predicted molar refractivity (Wildman–Crippen MR) is 143 cm³/mol. The van der Waals surface area contributed by atoms with Gasteiger partial charge in [0.15, 0.2) is 11.0 Å². The molecule has 10 nitrogen and oxygen atoms in total. The van der Waals surface area contributed by atoms with Crippen molar-refractivity contribution < 1.29 is 23.9 Å². The number of nitrogens with one attached hydrogen (secondary N) is 1. The van der Waals surface area contributed by atoms with Gasteiger partial charge in [0.1, 0.15) is 17.4 Å². The highest BCUT2D eigenvalue weighted by atomic mass is 32.2. The van der Waals surface area contributed by atoms with Gasteiger partial charge in [-0.2, -0.15) is 0 Å². The quantitative estimate of drug-likeness (QED) is 0.269. The lowest BCUT2D eigenvalue weighted by Gasteiger charge is -2.11. The minimum absolute atomic E-state index is 0.0115. The zero-order valence-corrected chi connectivity index (χ0v) is 23.3. The lowest BCUT2D eigenvalue weighted by molar-refractivity contribution is -0.113. The maximum absolute atomic E-state index is 12.8. The molecule has 0 bridgehead atoms. The van der Waals surface area contributed by atoms with Crippen molar-refractivity contribution in [2.75, 3.05) is 11.1 Å². The summed E-state index contributed by atoms with van der Waals surface area (Å²) in [7, 11) is 0. The summed E-state index contributed by atoms with van der Waals surface area (Å²) in [6.45, 7) is 11.8. The molecule has 0 saturated heterocycles. The summed E-state index contributed by atoms with van der Waals surface area (Å²) in [4.78, 5) is 37.4. The summed E-state index contributed by atoms with van der Waals surface area (Å²) in [6, 6.07) is 5.97. The normalized spacial score (nSPS) is 11.0. The summed E-state index contributed by atoms with van der Waals surface area (Å²) in [6.07, 6.45) is -0.364. The molecule has 0 spiro atoms. The SMILES string of the molecule is CCn1c(COc2ccc(C)cc2C)nnc1SCC(=O)Nc1sc(C(N)=O)c(C)c1C(=O)OC(C)C. The molecule has 2 aromatic heterocycles. The molecular weight excluding hydrogens is 514 g/mol. The van der Waals surface area contributed by atoms with Gasteiger partial charge in [0.2, 0.25) is 5.91 Å². The fourth-order valence-corrected chi connectivity index (χ4v) is 5.49. The number of nitrogens with two attached hydrogens (primary N) is 1. The van der Waals surface area contributed by atoms with Gasteiger partial charge in [0, 0.05) is 6.54 Å². The standard InChI is InChI=1S/C25H31N5O5S2/c1-7-30-18(11-34-17-9-8-14(4)10-15(17)5)28-29-25(30)36-12-19(31)27-23-20(24(33)35-13(2)3)16(6)21(37-23)22(26)32/h8-10,13H,7,11-12H2,1-6H3,(H2,26,32)(H,27,31). The van der Waals surface area contributed by atoms with E-state index >= 15 is 0 Å². The Kier molecular flexibility index (Phi) is 9.33. The minimum atomic E-state index is -0.678. The predicted octanol–water partition coefficient (Wildman–Crippen LogP) is 4.26. The molecule has 2 heterocycles. The third-order valence-electron chi connectivity index (χ3n) is 5.30. The second kappa shape index (κ2) is 12.2. The van der Waals surface area contributed by atoms with Gasteiger partial charge in [0.25, 0.3) is 5.91 Å². The first-order valence-electron chi connectivity index (χ1n) is 11.7. The molecule has 0 fully saturated rings. The van der Waals surface area contributed by atoms with Crippen LogP contribution < -0.4 is 15.8 Å². The Balaban J connectivity index is 1.69. The number of aryl methyl sites for hydroxylation is 2. The molecule has 37 heavy (non-hydrogen) atoms. The van der Waals surface area contributed by atoms with Crippen LogP contribution in [0.3, 0.4) is 0 Å². The van der Waals surface area contributed by atoms with E-state index in [0.29, 0.717) is 23.1 Å². The molecule has 1 aromatic carbocycles. The first kappa shape index (κ1) is 28.2. The van der Waals surface area contributed by atoms with Crippen LogP contribution in [0.5, 0.6) is 5.75 Å². The second-order valence-electron chi connectivity index (χ2n) is 8.62. The van der Waals surface area contributed by atoms with E-state index in [1.165, 1.54) is 11.8 Å². The number of hydrogen-bond acceptors (Lipinski definition) is 9. The van der Waals surface area contributed by atoms with Crippen molar-refractivity contribution in [3.8, 4) is 5.75 Å². The van der Waals surface area contributed by atoms with Gasteiger partial charge in [-0.1, -0.05) is 29.5 Å². The van der Waals surface area contributed by atoms with Crippen molar-refractivity contribution >= 4 is 45.9 Å². The van der Waals surface area contributed by atoms with Crippen LogP contribution in [0.4, 0.5) is 5.00 Å². The van der Waals surface area contributed by atoms with Gasteiger partial charge in [-0.25, -0.2) is 4.79 Å². The summed E-state index contributed by atoms with van der Waals surface area (Å²) in [5, 5.41) is 12.0. The lowest BCUT2D eigenvalue weighted by atomic mass is 10.1. The fourth-order valence-electron chi connectivity index (χ4n) is 3.60. The lowest BCUT2D eigenvalue weighted by Crippen LogP contribution is -2.18. The Hall–Kier alpha value is -3.38. The topological polar surface area (TPSA) is 138 Å². The Labute approximate surface area is 223 Å². The van der Waals surface area contributed by atoms with Crippen LogP contribution >= 0.6 is 23.1 Å². The molecule has 0 aliphatic carbocycles. The Morgan fingerprint density at radius 2 is 1.92 bits per heavy atom. The number of benzene rings is 1. The van der Waals surface area contributed by atoms with Crippen molar-refractivity contribution in [2.45, 2.75) is 66.0 Å². The molecule has 12 heteroatoms. The van der Waals surface area contributed by atoms with Crippen molar-refractivity contribution in [1.29, 1.82) is 0 Å². The van der Waals surface area contributed by atoms with Crippen molar-refractivity contribution in [3.63, 3.8) is 0 Å². The maximum atomic E-state index is 12.8. The number of anilines is 1. The molecular formula is C25H31N5O5S2. The highest BCUT2D eigenvalue weighted by molar-refractivity contribution is 7.99. The van der Waals surface area contributed by atoms with Crippen molar-refractivity contribution in [1.82, 2.24) is 14.8 Å². The summed E-state index contributed by atoms with van der Waals surface area (Å²) >= 11 is 2.16. The third-order valence-corrected chi connectivity index (χ3v) is 7.49. The van der Waals surface area contributed by atoms with E-state index in [0.717, 1.165) is 28.2 Å². The van der Waals surface area contributed by atoms with E-state index in [4.69, 9.17) is 15.2 Å². The average Bonchev–Trinajstić information content (AvgIpc) is 3.36. The summed E-state index contributed by atoms with van der Waals surface area (Å²) in [5.74, 6) is -0.250. The van der Waals surface area contributed by atoms with E-state index in [1.807, 2.05) is 37.5 Å². The first-order valence-corrected chi connectivity index (χ1v) is 13.5. The number of hydrogen-bond donors (Lipinski definition) is 2. The van der Waals surface area contributed by atoms with Crippen LogP contribution in [-0.2, 0) is 22.7 Å². The molecule has 3 rings (SSSR count). The monoisotopic (exact) mass is 545 g/mol. The van der Waals surface area contributed by atoms with Crippen LogP contribution in [0, 0.1) is 20.8 Å². The number of carbonyl (C=O) groups excluding carboxylic acids is 3. The second-order valence-corrected chi connectivity index (χ2v) is 10.6. The van der Waals surface area contributed by atoms with Gasteiger partial charge in [-0.3, -0.25) is 9.59 Å². The molecule has 3 N–H and O–H groups in total. The number of amides is 2. The van der Waals surface area contributed by atoms with Gasteiger partial charge in [-0.15, -0.1) is 21.5 Å². The first-order chi connectivity index (χ1) is 17.5. The Morgan fingerprint density at radius 1 is 1.19 bits per heavy atom. The maximum Gasteiger partial charge on any atom is 0.341 e.